The van der Waals surface area contributed by atoms with Gasteiger partial charge < -0.3 is 19.9 Å². The van der Waals surface area contributed by atoms with Crippen molar-refractivity contribution in [1.29, 1.82) is 0 Å². The van der Waals surface area contributed by atoms with Gasteiger partial charge >= 0.3 is 35.7 Å². The van der Waals surface area contributed by atoms with Gasteiger partial charge in [0.15, 0.2) is 0 Å². The van der Waals surface area contributed by atoms with E-state index < -0.39 is 52.4 Å². The van der Waals surface area contributed by atoms with Crippen molar-refractivity contribution in [3.05, 3.63) is 35.9 Å². The van der Waals surface area contributed by atoms with Crippen LogP contribution >= 0.6 is 0 Å². The van der Waals surface area contributed by atoms with Crippen molar-refractivity contribution in [1.82, 2.24) is 10.6 Å². The van der Waals surface area contributed by atoms with E-state index in [1.54, 1.807) is 51.1 Å². The summed E-state index contributed by atoms with van der Waals surface area (Å²) in [5.74, 6) is -1.84. The van der Waals surface area contributed by atoms with Gasteiger partial charge in [-0.1, -0.05) is 30.3 Å². The Morgan fingerprint density at radius 3 is 2.37 bits per heavy atom. The van der Waals surface area contributed by atoms with Gasteiger partial charge in [0.05, 0.1) is 10.1 Å². The van der Waals surface area contributed by atoms with E-state index >= 15 is 0 Å². The molecule has 0 bridgehead atoms. The maximum Gasteiger partial charge on any atom is 1.00 e. The Morgan fingerprint density at radius 1 is 1.26 bits per heavy atom. The van der Waals surface area contributed by atoms with Crippen molar-refractivity contribution in [3.8, 4) is 0 Å². The average molecular weight is 410 g/mol. The molecular formula is C17H25N2NaO6S. The van der Waals surface area contributed by atoms with Crippen LogP contribution in [0.15, 0.2) is 30.3 Å². The first-order chi connectivity index (χ1) is 12.7. The van der Waals surface area contributed by atoms with E-state index in [1.807, 2.05) is 5.32 Å². The van der Waals surface area contributed by atoms with Crippen LogP contribution in [0.2, 0.25) is 0 Å². The summed E-state index contributed by atoms with van der Waals surface area (Å²) in [6.07, 6.45) is -1.51. The molecule has 1 aromatic carbocycles. The van der Waals surface area contributed by atoms with Crippen molar-refractivity contribution >= 4 is 22.1 Å². The molecule has 0 unspecified atom stereocenters. The zero-order valence-electron chi connectivity index (χ0n) is 17.9. The molecule has 0 radical (unpaired) electrons. The van der Waals surface area contributed by atoms with Gasteiger partial charge in [-0.2, -0.15) is 0 Å². The van der Waals surface area contributed by atoms with E-state index in [9.17, 15) is 22.6 Å². The Balaban J connectivity index is 0.00000784. The fourth-order valence-electron chi connectivity index (χ4n) is 1.92. The van der Waals surface area contributed by atoms with Crippen molar-refractivity contribution in [2.24, 2.45) is 0 Å². The molecule has 0 fully saturated rings. The summed E-state index contributed by atoms with van der Waals surface area (Å²) >= 11 is 0. The molecule has 0 saturated heterocycles. The largest absolute Gasteiger partial charge is 1.00 e. The van der Waals surface area contributed by atoms with Crippen LogP contribution in [0.3, 0.4) is 0 Å². The Bertz CT molecular complexity index is 785. The molecule has 0 heterocycles. The Hall–Kier alpha value is -1.13. The number of alkyl carbamates (subject to hydrolysis) is 1. The molecule has 2 N–H and O–H groups in total. The summed E-state index contributed by atoms with van der Waals surface area (Å²) in [6, 6.07) is 7.57. The summed E-state index contributed by atoms with van der Waals surface area (Å²) in [5.41, 5.74) is -0.0870. The molecule has 146 valence electrons. The second-order valence-corrected chi connectivity index (χ2v) is 8.09. The fraction of sp³-hybridized carbons (Fsp3) is 0.529. The topological polar surface area (TPSA) is 125 Å². The minimum absolute atomic E-state index is 0. The van der Waals surface area contributed by atoms with Crippen molar-refractivity contribution < 1.29 is 59.6 Å². The third kappa shape index (κ3) is 12.8. The quantitative estimate of drug-likeness (QED) is 0.384. The third-order valence-electron chi connectivity index (χ3n) is 2.98. The first-order valence-electron chi connectivity index (χ1n) is 8.96. The van der Waals surface area contributed by atoms with E-state index in [2.05, 4.69) is 5.32 Å². The van der Waals surface area contributed by atoms with Crippen LogP contribution in [0, 0.1) is 0 Å². The van der Waals surface area contributed by atoms with Gasteiger partial charge in [0.2, 0.25) is 5.91 Å². The predicted molar refractivity (Wildman–Crippen MR) is 95.5 cm³/mol. The summed E-state index contributed by atoms with van der Waals surface area (Å²) in [7, 11) is -4.63. The number of rotatable bonds is 8. The fourth-order valence-corrected chi connectivity index (χ4v) is 2.27. The molecule has 2 amide bonds. The minimum atomic E-state index is -4.63. The Labute approximate surface area is 185 Å². The summed E-state index contributed by atoms with van der Waals surface area (Å²) in [6.45, 7) is 2.52. The molecule has 1 atom stereocenters. The zero-order chi connectivity index (χ0) is 21.6. The van der Waals surface area contributed by atoms with Crippen LogP contribution in [0.5, 0.6) is 0 Å². The Morgan fingerprint density at radius 2 is 1.85 bits per heavy atom. The number of ether oxygens (including phenoxy) is 1. The van der Waals surface area contributed by atoms with Gasteiger partial charge in [-0.05, 0) is 32.8 Å². The average Bonchev–Trinajstić information content (AvgIpc) is 2.50. The van der Waals surface area contributed by atoms with Gasteiger partial charge in [-0.25, -0.2) is 13.2 Å². The third-order valence-corrected chi connectivity index (χ3v) is 3.68. The van der Waals surface area contributed by atoms with Crippen molar-refractivity contribution in [2.75, 3.05) is 12.2 Å². The smallest absolute Gasteiger partial charge is 0.748 e. The van der Waals surface area contributed by atoms with Crippen LogP contribution in [-0.2, 0) is 26.1 Å². The number of carbonyl (C=O) groups is 2. The number of hydrogen-bond acceptors (Lipinski definition) is 6. The Kier molecular flexibility index (Phi) is 9.57. The van der Waals surface area contributed by atoms with Crippen LogP contribution in [0.4, 0.5) is 4.79 Å². The van der Waals surface area contributed by atoms with Crippen LogP contribution in [-0.4, -0.2) is 48.9 Å². The number of amides is 2. The standard InChI is InChI=1S/C17H26N2O6S.Na/c1-17(2,3)25-16(21)19-14(12-13-8-5-4-6-9-13)15(20)18-10-7-11-26(22,23)24;/h4-6,8-9,14H,7,10-12H2,1-3H3,(H,18,20)(H,19,21)(H,22,23,24);/q;+1/p-1/t14-;/m0./s1/i10D2;. The summed E-state index contributed by atoms with van der Waals surface area (Å²) < 4.78 is 52.7. The summed E-state index contributed by atoms with van der Waals surface area (Å²) in [5, 5.41) is 4.44. The maximum atomic E-state index is 12.5. The molecule has 1 rings (SSSR count). The van der Waals surface area contributed by atoms with Crippen molar-refractivity contribution in [2.45, 2.75) is 45.3 Å². The van der Waals surface area contributed by atoms with Gasteiger partial charge in [0.1, 0.15) is 11.6 Å². The van der Waals surface area contributed by atoms with E-state index in [0.29, 0.717) is 5.56 Å². The zero-order valence-corrected chi connectivity index (χ0v) is 18.8. The van der Waals surface area contributed by atoms with Gasteiger partial charge in [0, 0.05) is 21.4 Å². The SMILES string of the molecule is [2H]C([2H])(CCS(=O)(=O)[O-])NC(=O)[C@H](Cc1ccccc1)NC(=O)OC(C)(C)C.[Na+]. The van der Waals surface area contributed by atoms with E-state index in [1.165, 1.54) is 0 Å². The molecule has 0 aliphatic heterocycles. The van der Waals surface area contributed by atoms with Crippen LogP contribution < -0.4 is 40.2 Å². The number of benzene rings is 1. The molecule has 8 nitrogen and oxygen atoms in total. The van der Waals surface area contributed by atoms with E-state index in [-0.39, 0.29) is 36.0 Å². The van der Waals surface area contributed by atoms with Crippen LogP contribution in [0.1, 0.15) is 35.5 Å². The molecule has 10 heteroatoms. The summed E-state index contributed by atoms with van der Waals surface area (Å²) in [4.78, 5) is 24.6. The van der Waals surface area contributed by atoms with Gasteiger partial charge in [-0.15, -0.1) is 0 Å². The molecular weight excluding hydrogens is 383 g/mol. The first kappa shape index (κ1) is 22.2. The van der Waals surface area contributed by atoms with E-state index in [0.717, 1.165) is 0 Å². The molecule has 0 spiro atoms. The van der Waals surface area contributed by atoms with E-state index in [4.69, 9.17) is 7.48 Å². The second kappa shape index (κ2) is 11.7. The number of carbonyl (C=O) groups excluding carboxylic acids is 2. The van der Waals surface area contributed by atoms with Gasteiger partial charge in [-0.3, -0.25) is 4.79 Å². The molecule has 0 aliphatic rings. The van der Waals surface area contributed by atoms with Gasteiger partial charge in [0.25, 0.3) is 0 Å². The van der Waals surface area contributed by atoms with Crippen molar-refractivity contribution in [3.63, 3.8) is 0 Å². The maximum absolute atomic E-state index is 12.5. The molecule has 1 aromatic rings. The molecule has 0 aliphatic carbocycles. The molecule has 0 aromatic heterocycles. The second-order valence-electron chi connectivity index (χ2n) is 6.57. The minimum Gasteiger partial charge on any atom is -0.748 e. The molecule has 0 saturated carbocycles. The van der Waals surface area contributed by atoms with Crippen LogP contribution in [0.25, 0.3) is 0 Å². The predicted octanol–water partition coefficient (Wildman–Crippen LogP) is -1.82. The number of hydrogen-bond donors (Lipinski definition) is 2. The first-order valence-corrected chi connectivity index (χ1v) is 9.54. The number of nitrogens with one attached hydrogen (secondary N) is 2. The normalized spacial score (nSPS) is 14.1. The molecule has 27 heavy (non-hydrogen) atoms. The monoisotopic (exact) mass is 410 g/mol.